The molecule has 0 amide bonds. The van der Waals surface area contributed by atoms with Gasteiger partial charge in [-0.2, -0.15) is 0 Å². The molecule has 0 fully saturated rings. The molecular formula is C6H19NSi2Zn. The van der Waals surface area contributed by atoms with Gasteiger partial charge in [0.1, 0.15) is 16.5 Å². The fourth-order valence-corrected chi connectivity index (χ4v) is 10.1. The van der Waals surface area contributed by atoms with Crippen LogP contribution in [0.4, 0.5) is 0 Å². The van der Waals surface area contributed by atoms with Crippen molar-refractivity contribution in [1.29, 1.82) is 0 Å². The average molecular weight is 227 g/mol. The molecule has 0 heterocycles. The molecule has 0 spiro atoms. The second-order valence-corrected chi connectivity index (χ2v) is 14.6. The van der Waals surface area contributed by atoms with E-state index in [-0.39, 0.29) is 19.5 Å². The zero-order valence-corrected chi connectivity index (χ0v) is 13.2. The molecule has 0 aromatic heterocycles. The van der Waals surface area contributed by atoms with Gasteiger partial charge in [-0.25, -0.2) is 0 Å². The predicted octanol–water partition coefficient (Wildman–Crippen LogP) is 2.24. The van der Waals surface area contributed by atoms with Gasteiger partial charge in [-0.05, 0) is 0 Å². The maximum Gasteiger partial charge on any atom is 0.109 e. The van der Waals surface area contributed by atoms with E-state index in [1.165, 1.54) is 0 Å². The van der Waals surface area contributed by atoms with Gasteiger partial charge in [-0.15, -0.1) is 0 Å². The molecule has 0 saturated carbocycles. The first-order valence-electron chi connectivity index (χ1n) is 3.50. The number of rotatable bonds is 2. The van der Waals surface area contributed by atoms with E-state index in [4.69, 9.17) is 0 Å². The molecule has 58 valence electrons. The Morgan fingerprint density at radius 2 is 0.900 bits per heavy atom. The Labute approximate surface area is 79.9 Å². The summed E-state index contributed by atoms with van der Waals surface area (Å²) in [7, 11) is -1.96. The van der Waals surface area contributed by atoms with E-state index in [9.17, 15) is 0 Å². The molecule has 0 aromatic rings. The van der Waals surface area contributed by atoms with Crippen LogP contribution in [-0.4, -0.2) is 16.5 Å². The monoisotopic (exact) mass is 225 g/mol. The first-order valence-corrected chi connectivity index (χ1v) is 10.5. The summed E-state index contributed by atoms with van der Waals surface area (Å²) < 4.78 is 3.74. The van der Waals surface area contributed by atoms with E-state index in [1.807, 2.05) is 0 Å². The van der Waals surface area contributed by atoms with Crippen LogP contribution in [0.25, 0.3) is 0 Å². The van der Waals surface area contributed by atoms with E-state index in [0.29, 0.717) is 0 Å². The molecule has 0 aromatic carbocycles. The van der Waals surface area contributed by atoms with Crippen molar-refractivity contribution in [2.75, 3.05) is 0 Å². The number of hydrogen-bond donors (Lipinski definition) is 1. The van der Waals surface area contributed by atoms with Gasteiger partial charge >= 0.3 is 0 Å². The van der Waals surface area contributed by atoms with Crippen LogP contribution < -0.4 is 4.65 Å². The first kappa shape index (κ1) is 13.6. The predicted molar refractivity (Wildman–Crippen MR) is 49.8 cm³/mol. The minimum Gasteiger partial charge on any atom is -0.360 e. The van der Waals surface area contributed by atoms with Crippen molar-refractivity contribution in [1.82, 2.24) is 4.65 Å². The SMILES string of the molecule is C[Si](C)(C)N[Si](C)(C)C.[Zn]. The van der Waals surface area contributed by atoms with Crippen LogP contribution in [-0.2, 0) is 19.5 Å². The molecule has 0 saturated heterocycles. The molecule has 1 nitrogen and oxygen atoms in total. The van der Waals surface area contributed by atoms with Crippen LogP contribution in [0.2, 0.25) is 39.3 Å². The quantitative estimate of drug-likeness (QED) is 0.713. The van der Waals surface area contributed by atoms with Crippen molar-refractivity contribution in [3.63, 3.8) is 0 Å². The fraction of sp³-hybridized carbons (Fsp3) is 1.00. The number of hydrogen-bond acceptors (Lipinski definition) is 1. The van der Waals surface area contributed by atoms with Gasteiger partial charge in [0.2, 0.25) is 0 Å². The van der Waals surface area contributed by atoms with E-state index in [2.05, 4.69) is 43.9 Å². The molecule has 0 aliphatic rings. The summed E-state index contributed by atoms with van der Waals surface area (Å²) in [6, 6.07) is 0. The summed E-state index contributed by atoms with van der Waals surface area (Å²) in [5.41, 5.74) is 0. The summed E-state index contributed by atoms with van der Waals surface area (Å²) in [6.07, 6.45) is 0. The molecule has 0 rings (SSSR count). The summed E-state index contributed by atoms with van der Waals surface area (Å²) >= 11 is 0. The largest absolute Gasteiger partial charge is 0.360 e. The van der Waals surface area contributed by atoms with Crippen LogP contribution in [0.15, 0.2) is 0 Å². The zero-order chi connectivity index (χ0) is 7.71. The van der Waals surface area contributed by atoms with Crippen LogP contribution in [0.3, 0.4) is 0 Å². The van der Waals surface area contributed by atoms with Crippen molar-refractivity contribution in [2.24, 2.45) is 0 Å². The second kappa shape index (κ2) is 4.15. The Balaban J connectivity index is 0. The van der Waals surface area contributed by atoms with Gasteiger partial charge in [0, 0.05) is 19.5 Å². The molecule has 0 aliphatic heterocycles. The van der Waals surface area contributed by atoms with Crippen LogP contribution in [0.1, 0.15) is 0 Å². The molecule has 0 aliphatic carbocycles. The van der Waals surface area contributed by atoms with Gasteiger partial charge in [0.25, 0.3) is 0 Å². The van der Waals surface area contributed by atoms with E-state index >= 15 is 0 Å². The molecule has 0 radical (unpaired) electrons. The Hall–Kier alpha value is 1.02. The van der Waals surface area contributed by atoms with Gasteiger partial charge < -0.3 is 4.65 Å². The van der Waals surface area contributed by atoms with Gasteiger partial charge in [0.15, 0.2) is 0 Å². The van der Waals surface area contributed by atoms with Crippen molar-refractivity contribution >= 4 is 16.5 Å². The van der Waals surface area contributed by atoms with E-state index in [1.54, 1.807) is 0 Å². The first-order chi connectivity index (χ1) is 3.71. The van der Waals surface area contributed by atoms with E-state index < -0.39 is 16.5 Å². The molecular weight excluding hydrogens is 208 g/mol. The third-order valence-corrected chi connectivity index (χ3v) is 6.75. The fourth-order valence-electron chi connectivity index (χ4n) is 1.12. The Kier molecular flexibility index (Phi) is 5.64. The summed E-state index contributed by atoms with van der Waals surface area (Å²) in [5, 5.41) is 0. The second-order valence-electron chi connectivity index (χ2n) is 4.62. The van der Waals surface area contributed by atoms with Crippen LogP contribution in [0.5, 0.6) is 0 Å². The van der Waals surface area contributed by atoms with Crippen molar-refractivity contribution < 1.29 is 19.5 Å². The van der Waals surface area contributed by atoms with Crippen LogP contribution in [0, 0.1) is 0 Å². The molecule has 0 bridgehead atoms. The van der Waals surface area contributed by atoms with Crippen molar-refractivity contribution in [3.8, 4) is 0 Å². The third kappa shape index (κ3) is 11.8. The van der Waals surface area contributed by atoms with Gasteiger partial charge in [0.05, 0.1) is 0 Å². The normalized spacial score (nSPS) is 12.6. The minimum atomic E-state index is -0.981. The molecule has 10 heavy (non-hydrogen) atoms. The summed E-state index contributed by atoms with van der Waals surface area (Å²) in [4.78, 5) is 0. The summed E-state index contributed by atoms with van der Waals surface area (Å²) in [5.74, 6) is 0. The smallest absolute Gasteiger partial charge is 0.109 e. The molecule has 0 atom stereocenters. The van der Waals surface area contributed by atoms with Crippen molar-refractivity contribution in [3.05, 3.63) is 0 Å². The molecule has 1 N–H and O–H groups in total. The Morgan fingerprint density at radius 3 is 0.900 bits per heavy atom. The Morgan fingerprint density at radius 1 is 0.700 bits per heavy atom. The maximum atomic E-state index is 3.74. The van der Waals surface area contributed by atoms with Gasteiger partial charge in [-0.1, -0.05) is 39.3 Å². The zero-order valence-electron chi connectivity index (χ0n) is 8.21. The standard InChI is InChI=1S/C6H19NSi2.Zn/c1-8(2,3)7-9(4,5)6;/h7H,1-6H3;. The molecule has 0 unspecified atom stereocenters. The maximum absolute atomic E-state index is 3.74. The average Bonchev–Trinajstić information content (AvgIpc) is 1.14. The van der Waals surface area contributed by atoms with Gasteiger partial charge in [-0.3, -0.25) is 0 Å². The van der Waals surface area contributed by atoms with Crippen LogP contribution >= 0.6 is 0 Å². The minimum absolute atomic E-state index is 0. The van der Waals surface area contributed by atoms with E-state index in [0.717, 1.165) is 0 Å². The summed E-state index contributed by atoms with van der Waals surface area (Å²) in [6.45, 7) is 14.1. The topological polar surface area (TPSA) is 12.0 Å². The number of nitrogens with one attached hydrogen (secondary N) is 1. The molecule has 4 heteroatoms. The van der Waals surface area contributed by atoms with Crippen molar-refractivity contribution in [2.45, 2.75) is 39.3 Å². The third-order valence-electron chi connectivity index (χ3n) is 0.750. The Bertz CT molecular complexity index is 80.9.